The van der Waals surface area contributed by atoms with E-state index in [1.807, 2.05) is 11.4 Å². The van der Waals surface area contributed by atoms with Crippen LogP contribution in [0.25, 0.3) is 0 Å². The number of nitrogens with zero attached hydrogens (tertiary/aromatic N) is 1. The molecule has 3 nitrogen and oxygen atoms in total. The van der Waals surface area contributed by atoms with Gasteiger partial charge in [0.05, 0.1) is 4.34 Å². The van der Waals surface area contributed by atoms with E-state index in [-0.39, 0.29) is 0 Å². The average molecular weight is 229 g/mol. The molecule has 0 aliphatic heterocycles. The number of thiophene rings is 1. The molecule has 2 rings (SSSR count). The van der Waals surface area contributed by atoms with E-state index in [1.54, 1.807) is 12.4 Å². The van der Waals surface area contributed by atoms with Gasteiger partial charge >= 0.3 is 0 Å². The van der Waals surface area contributed by atoms with Crippen LogP contribution >= 0.6 is 22.9 Å². The van der Waals surface area contributed by atoms with E-state index < -0.39 is 6.10 Å². The SMILES string of the molecule is OC(Cc1csc(Cl)c1)c1ncc[nH]1. The third kappa shape index (κ3) is 2.15. The fourth-order valence-corrected chi connectivity index (χ4v) is 2.15. The molecule has 0 aromatic carbocycles. The number of hydrogen-bond acceptors (Lipinski definition) is 3. The summed E-state index contributed by atoms with van der Waals surface area (Å²) in [6, 6.07) is 1.86. The zero-order valence-electron chi connectivity index (χ0n) is 7.27. The quantitative estimate of drug-likeness (QED) is 0.848. The Bertz CT molecular complexity index is 399. The topological polar surface area (TPSA) is 48.9 Å². The van der Waals surface area contributed by atoms with Gasteiger partial charge in [0.2, 0.25) is 0 Å². The molecule has 0 fully saturated rings. The highest BCUT2D eigenvalue weighted by atomic mass is 35.5. The molecule has 2 N–H and O–H groups in total. The van der Waals surface area contributed by atoms with E-state index in [4.69, 9.17) is 11.6 Å². The van der Waals surface area contributed by atoms with Gasteiger partial charge in [-0.25, -0.2) is 4.98 Å². The van der Waals surface area contributed by atoms with Gasteiger partial charge in [0, 0.05) is 18.8 Å². The van der Waals surface area contributed by atoms with Crippen LogP contribution in [0.1, 0.15) is 17.5 Å². The van der Waals surface area contributed by atoms with Gasteiger partial charge in [-0.3, -0.25) is 0 Å². The number of hydrogen-bond donors (Lipinski definition) is 2. The highest BCUT2D eigenvalue weighted by molar-refractivity contribution is 7.14. The molecule has 0 saturated carbocycles. The zero-order chi connectivity index (χ0) is 9.97. The van der Waals surface area contributed by atoms with Crippen molar-refractivity contribution in [2.24, 2.45) is 0 Å². The number of aromatic nitrogens is 2. The van der Waals surface area contributed by atoms with E-state index in [2.05, 4.69) is 9.97 Å². The molecule has 74 valence electrons. The summed E-state index contributed by atoms with van der Waals surface area (Å²) >= 11 is 7.25. The molecule has 2 aromatic rings. The standard InChI is InChI=1S/C9H9ClN2OS/c10-8-4-6(5-14-8)3-7(13)9-11-1-2-12-9/h1-2,4-5,7,13H,3H2,(H,11,12). The summed E-state index contributed by atoms with van der Waals surface area (Å²) in [6.45, 7) is 0. The van der Waals surface area contributed by atoms with Crippen molar-refractivity contribution in [1.29, 1.82) is 0 Å². The maximum atomic E-state index is 9.74. The molecule has 14 heavy (non-hydrogen) atoms. The van der Waals surface area contributed by atoms with E-state index in [0.29, 0.717) is 12.2 Å². The van der Waals surface area contributed by atoms with Crippen LogP contribution in [0.3, 0.4) is 0 Å². The summed E-state index contributed by atoms with van der Waals surface area (Å²) in [7, 11) is 0. The lowest BCUT2D eigenvalue weighted by Gasteiger charge is -2.05. The second-order valence-corrected chi connectivity index (χ2v) is 4.50. The Balaban J connectivity index is 2.05. The Morgan fingerprint density at radius 2 is 2.50 bits per heavy atom. The lowest BCUT2D eigenvalue weighted by Crippen LogP contribution is -2.02. The highest BCUT2D eigenvalue weighted by Crippen LogP contribution is 2.23. The molecule has 0 aliphatic rings. The molecule has 1 atom stereocenters. The second-order valence-electron chi connectivity index (χ2n) is 2.95. The van der Waals surface area contributed by atoms with Gasteiger partial charge in [0.25, 0.3) is 0 Å². The van der Waals surface area contributed by atoms with E-state index in [9.17, 15) is 5.11 Å². The van der Waals surface area contributed by atoms with Crippen molar-refractivity contribution >= 4 is 22.9 Å². The van der Waals surface area contributed by atoms with Crippen LogP contribution in [0.2, 0.25) is 4.34 Å². The normalized spacial score (nSPS) is 13.0. The van der Waals surface area contributed by atoms with Gasteiger partial charge < -0.3 is 10.1 Å². The minimum atomic E-state index is -0.587. The molecular weight excluding hydrogens is 220 g/mol. The van der Waals surface area contributed by atoms with Crippen LogP contribution in [-0.2, 0) is 6.42 Å². The average Bonchev–Trinajstić information content (AvgIpc) is 2.75. The van der Waals surface area contributed by atoms with Gasteiger partial charge in [-0.2, -0.15) is 0 Å². The summed E-state index contributed by atoms with van der Waals surface area (Å²) in [5, 5.41) is 11.7. The first-order chi connectivity index (χ1) is 6.75. The molecule has 2 aromatic heterocycles. The van der Waals surface area contributed by atoms with Gasteiger partial charge in [-0.15, -0.1) is 11.3 Å². The van der Waals surface area contributed by atoms with Gasteiger partial charge in [-0.1, -0.05) is 11.6 Å². The predicted octanol–water partition coefficient (Wildman–Crippen LogP) is 2.40. The molecule has 0 bridgehead atoms. The second kappa shape index (κ2) is 4.13. The minimum Gasteiger partial charge on any atom is -0.385 e. The Kier molecular flexibility index (Phi) is 2.86. The molecule has 0 amide bonds. The number of aliphatic hydroxyl groups is 1. The number of imidazole rings is 1. The molecule has 5 heteroatoms. The molecular formula is C9H9ClN2OS. The van der Waals surface area contributed by atoms with Crippen molar-refractivity contribution in [1.82, 2.24) is 9.97 Å². The fourth-order valence-electron chi connectivity index (χ4n) is 1.23. The van der Waals surface area contributed by atoms with Crippen LogP contribution < -0.4 is 0 Å². The van der Waals surface area contributed by atoms with Crippen LogP contribution in [0.15, 0.2) is 23.8 Å². The van der Waals surface area contributed by atoms with Gasteiger partial charge in [0.15, 0.2) is 0 Å². The Morgan fingerprint density at radius 3 is 3.07 bits per heavy atom. The highest BCUT2D eigenvalue weighted by Gasteiger charge is 2.11. The first-order valence-corrected chi connectivity index (χ1v) is 5.41. The molecule has 0 aliphatic carbocycles. The maximum absolute atomic E-state index is 9.74. The summed E-state index contributed by atoms with van der Waals surface area (Å²) in [4.78, 5) is 6.86. The molecule has 0 radical (unpaired) electrons. The summed E-state index contributed by atoms with van der Waals surface area (Å²) in [6.07, 6.45) is 3.27. The van der Waals surface area contributed by atoms with E-state index >= 15 is 0 Å². The Hall–Kier alpha value is -0.840. The van der Waals surface area contributed by atoms with Crippen LogP contribution in [-0.4, -0.2) is 15.1 Å². The van der Waals surface area contributed by atoms with E-state index in [1.165, 1.54) is 11.3 Å². The largest absolute Gasteiger partial charge is 0.385 e. The monoisotopic (exact) mass is 228 g/mol. The van der Waals surface area contributed by atoms with Gasteiger partial charge in [0.1, 0.15) is 11.9 Å². The van der Waals surface area contributed by atoms with Crippen molar-refractivity contribution in [3.05, 3.63) is 39.6 Å². The summed E-state index contributed by atoms with van der Waals surface area (Å²) in [5.41, 5.74) is 1.03. The van der Waals surface area contributed by atoms with Crippen LogP contribution in [0.5, 0.6) is 0 Å². The first-order valence-electron chi connectivity index (χ1n) is 4.16. The predicted molar refractivity (Wildman–Crippen MR) is 56.6 cm³/mol. The third-order valence-electron chi connectivity index (χ3n) is 1.89. The smallest absolute Gasteiger partial charge is 0.135 e. The van der Waals surface area contributed by atoms with Gasteiger partial charge in [-0.05, 0) is 17.0 Å². The number of rotatable bonds is 3. The lowest BCUT2D eigenvalue weighted by atomic mass is 10.1. The Morgan fingerprint density at radius 1 is 1.64 bits per heavy atom. The van der Waals surface area contributed by atoms with Crippen molar-refractivity contribution < 1.29 is 5.11 Å². The molecule has 0 saturated heterocycles. The lowest BCUT2D eigenvalue weighted by molar-refractivity contribution is 0.169. The fraction of sp³-hybridized carbons (Fsp3) is 0.222. The number of aliphatic hydroxyl groups excluding tert-OH is 1. The van der Waals surface area contributed by atoms with Crippen molar-refractivity contribution in [2.75, 3.05) is 0 Å². The van der Waals surface area contributed by atoms with Crippen molar-refractivity contribution in [3.63, 3.8) is 0 Å². The maximum Gasteiger partial charge on any atom is 0.135 e. The molecule has 1 unspecified atom stereocenters. The number of halogens is 1. The Labute approximate surface area is 90.4 Å². The van der Waals surface area contributed by atoms with Crippen LogP contribution in [0.4, 0.5) is 0 Å². The van der Waals surface area contributed by atoms with Crippen molar-refractivity contribution in [2.45, 2.75) is 12.5 Å². The molecule has 0 spiro atoms. The van der Waals surface area contributed by atoms with E-state index in [0.717, 1.165) is 9.90 Å². The molecule has 2 heterocycles. The third-order valence-corrected chi connectivity index (χ3v) is 3.03. The summed E-state index contributed by atoms with van der Waals surface area (Å²) < 4.78 is 0.742. The number of aromatic amines is 1. The summed E-state index contributed by atoms with van der Waals surface area (Å²) in [5.74, 6) is 0.590. The number of nitrogens with one attached hydrogen (secondary N) is 1. The van der Waals surface area contributed by atoms with Crippen LogP contribution in [0, 0.1) is 0 Å². The zero-order valence-corrected chi connectivity index (χ0v) is 8.85. The van der Waals surface area contributed by atoms with Crippen molar-refractivity contribution in [3.8, 4) is 0 Å². The minimum absolute atomic E-state index is 0.538. The number of H-pyrrole nitrogens is 1. The first kappa shape index (κ1) is 9.71.